The van der Waals surface area contributed by atoms with Crippen LogP contribution in [-0.2, 0) is 4.79 Å². The Morgan fingerprint density at radius 2 is 2.03 bits per heavy atom. The molecular weight excluding hydrogens is 388 g/mol. The van der Waals surface area contributed by atoms with Crippen molar-refractivity contribution >= 4 is 34.6 Å². The van der Waals surface area contributed by atoms with E-state index in [2.05, 4.69) is 4.98 Å². The average molecular weight is 408 g/mol. The minimum absolute atomic E-state index is 0.0530. The molecule has 0 atom stereocenters. The van der Waals surface area contributed by atoms with Gasteiger partial charge in [-0.25, -0.2) is 4.98 Å². The van der Waals surface area contributed by atoms with Crippen molar-refractivity contribution in [2.24, 2.45) is 0 Å². The lowest BCUT2D eigenvalue weighted by atomic mass is 9.75. The molecule has 1 saturated heterocycles. The number of anilines is 2. The van der Waals surface area contributed by atoms with E-state index in [0.717, 1.165) is 24.9 Å². The monoisotopic (exact) mass is 408 g/mol. The van der Waals surface area contributed by atoms with Gasteiger partial charge in [0.2, 0.25) is 0 Å². The molecule has 1 saturated carbocycles. The molecule has 4 rings (SSSR count). The molecule has 2 heterocycles. The summed E-state index contributed by atoms with van der Waals surface area (Å²) in [7, 11) is 0. The maximum atomic E-state index is 13.4. The van der Waals surface area contributed by atoms with Gasteiger partial charge in [-0.05, 0) is 74.3 Å². The molecule has 8 heteroatoms. The standard InChI is InChI=1S/C21H20N4O3S/c1-14-11-16(13-23-18(14)12-22)24-19(27)21(7-2-8-21)25(20(24)29)15-3-5-17(6-4-15)28-10-9-26/h3-6,11,13,26H,2,7-10H2,1H3. The third-order valence-electron chi connectivity index (χ3n) is 5.48. The Hall–Kier alpha value is -3.02. The van der Waals surface area contributed by atoms with E-state index < -0.39 is 5.54 Å². The summed E-state index contributed by atoms with van der Waals surface area (Å²) < 4.78 is 5.43. The Kier molecular flexibility index (Phi) is 4.94. The molecule has 1 aliphatic heterocycles. The zero-order valence-electron chi connectivity index (χ0n) is 16.0. The lowest BCUT2D eigenvalue weighted by Gasteiger charge is -2.43. The molecule has 1 amide bonds. The third-order valence-corrected chi connectivity index (χ3v) is 5.84. The third kappa shape index (κ3) is 3.03. The first-order chi connectivity index (χ1) is 14.0. The first kappa shape index (κ1) is 19.3. The molecule has 29 heavy (non-hydrogen) atoms. The summed E-state index contributed by atoms with van der Waals surface area (Å²) in [5.74, 6) is 0.589. The summed E-state index contributed by atoms with van der Waals surface area (Å²) in [6.07, 6.45) is 3.94. The van der Waals surface area contributed by atoms with Crippen LogP contribution in [0.2, 0.25) is 0 Å². The van der Waals surface area contributed by atoms with E-state index in [-0.39, 0.29) is 19.1 Å². The van der Waals surface area contributed by atoms with Gasteiger partial charge < -0.3 is 14.7 Å². The largest absolute Gasteiger partial charge is 0.491 e. The molecule has 0 radical (unpaired) electrons. The molecule has 2 aliphatic rings. The van der Waals surface area contributed by atoms with Gasteiger partial charge in [0.15, 0.2) is 5.11 Å². The zero-order valence-corrected chi connectivity index (χ0v) is 16.8. The van der Waals surface area contributed by atoms with Gasteiger partial charge in [0.25, 0.3) is 5.91 Å². The SMILES string of the molecule is Cc1cc(N2C(=O)C3(CCC3)N(c3ccc(OCCO)cc3)C2=S)cnc1C#N. The maximum absolute atomic E-state index is 13.4. The Balaban J connectivity index is 1.70. The van der Waals surface area contributed by atoms with Crippen LogP contribution in [0.4, 0.5) is 11.4 Å². The molecule has 2 fully saturated rings. The van der Waals surface area contributed by atoms with Crippen LogP contribution >= 0.6 is 12.2 Å². The topological polar surface area (TPSA) is 89.7 Å². The van der Waals surface area contributed by atoms with E-state index in [1.807, 2.05) is 23.1 Å². The summed E-state index contributed by atoms with van der Waals surface area (Å²) in [6.45, 7) is 1.96. The Morgan fingerprint density at radius 1 is 1.31 bits per heavy atom. The summed E-state index contributed by atoms with van der Waals surface area (Å²) >= 11 is 5.73. The van der Waals surface area contributed by atoms with Crippen LogP contribution in [0.5, 0.6) is 5.75 Å². The number of hydrogen-bond acceptors (Lipinski definition) is 6. The highest BCUT2D eigenvalue weighted by molar-refractivity contribution is 7.81. The Labute approximate surface area is 174 Å². The highest BCUT2D eigenvalue weighted by atomic mass is 32.1. The predicted molar refractivity (Wildman–Crippen MR) is 112 cm³/mol. The van der Waals surface area contributed by atoms with E-state index in [0.29, 0.717) is 27.8 Å². The number of rotatable bonds is 5. The molecular formula is C21H20N4O3S. The van der Waals surface area contributed by atoms with E-state index >= 15 is 0 Å². The van der Waals surface area contributed by atoms with Crippen LogP contribution in [0.15, 0.2) is 36.5 Å². The lowest BCUT2D eigenvalue weighted by Crippen LogP contribution is -2.55. The number of aliphatic hydroxyl groups excluding tert-OH is 1. The number of carbonyl (C=O) groups is 1. The summed E-state index contributed by atoms with van der Waals surface area (Å²) in [5, 5.41) is 18.4. The summed E-state index contributed by atoms with van der Waals surface area (Å²) in [6, 6.07) is 11.2. The predicted octanol–water partition coefficient (Wildman–Crippen LogP) is 2.69. The van der Waals surface area contributed by atoms with Crippen molar-refractivity contribution in [1.29, 1.82) is 5.26 Å². The fourth-order valence-corrected chi connectivity index (χ4v) is 4.33. The van der Waals surface area contributed by atoms with E-state index in [4.69, 9.17) is 27.3 Å². The van der Waals surface area contributed by atoms with Gasteiger partial charge in [0.1, 0.15) is 29.7 Å². The number of amides is 1. The van der Waals surface area contributed by atoms with Crippen LogP contribution < -0.4 is 14.5 Å². The molecule has 7 nitrogen and oxygen atoms in total. The van der Waals surface area contributed by atoms with Gasteiger partial charge in [-0.15, -0.1) is 0 Å². The highest BCUT2D eigenvalue weighted by Gasteiger charge is 2.59. The van der Waals surface area contributed by atoms with Crippen molar-refractivity contribution in [2.75, 3.05) is 23.0 Å². The van der Waals surface area contributed by atoms with Gasteiger partial charge >= 0.3 is 0 Å². The molecule has 1 aromatic carbocycles. The molecule has 1 spiro atoms. The Morgan fingerprint density at radius 3 is 2.59 bits per heavy atom. The molecule has 148 valence electrons. The van der Waals surface area contributed by atoms with Gasteiger partial charge in [0.05, 0.1) is 18.5 Å². The number of benzene rings is 1. The number of ether oxygens (including phenoxy) is 1. The minimum Gasteiger partial charge on any atom is -0.491 e. The first-order valence-electron chi connectivity index (χ1n) is 9.41. The maximum Gasteiger partial charge on any atom is 0.259 e. The Bertz CT molecular complexity index is 1010. The number of thiocarbonyl (C=S) groups is 1. The van der Waals surface area contributed by atoms with Crippen molar-refractivity contribution in [2.45, 2.75) is 31.7 Å². The quantitative estimate of drug-likeness (QED) is 0.761. The van der Waals surface area contributed by atoms with Crippen molar-refractivity contribution in [3.05, 3.63) is 47.8 Å². The lowest BCUT2D eigenvalue weighted by molar-refractivity contribution is -0.123. The van der Waals surface area contributed by atoms with E-state index in [1.165, 1.54) is 11.1 Å². The highest BCUT2D eigenvalue weighted by Crippen LogP contribution is 2.47. The van der Waals surface area contributed by atoms with Crippen molar-refractivity contribution in [1.82, 2.24) is 4.98 Å². The number of aryl methyl sites for hydroxylation is 1. The molecule has 1 aliphatic carbocycles. The molecule has 2 aromatic rings. The average Bonchev–Trinajstić information content (AvgIpc) is 2.93. The second kappa shape index (κ2) is 7.43. The minimum atomic E-state index is -0.674. The summed E-state index contributed by atoms with van der Waals surface area (Å²) in [4.78, 5) is 21.1. The number of aromatic nitrogens is 1. The van der Waals surface area contributed by atoms with Crippen LogP contribution in [0.25, 0.3) is 0 Å². The molecule has 0 unspecified atom stereocenters. The number of nitriles is 1. The van der Waals surface area contributed by atoms with Crippen molar-refractivity contribution in [3.63, 3.8) is 0 Å². The molecule has 0 bridgehead atoms. The van der Waals surface area contributed by atoms with Crippen LogP contribution in [-0.4, -0.2) is 39.9 Å². The van der Waals surface area contributed by atoms with Crippen LogP contribution in [0.1, 0.15) is 30.5 Å². The van der Waals surface area contributed by atoms with E-state index in [9.17, 15) is 4.79 Å². The molecule has 1 N–H and O–H groups in total. The zero-order chi connectivity index (χ0) is 20.6. The van der Waals surface area contributed by atoms with Gasteiger partial charge in [-0.2, -0.15) is 5.26 Å². The first-order valence-corrected chi connectivity index (χ1v) is 9.82. The number of carbonyl (C=O) groups excluding carboxylic acids is 1. The second-order valence-electron chi connectivity index (χ2n) is 7.18. The van der Waals surface area contributed by atoms with Crippen molar-refractivity contribution in [3.8, 4) is 11.8 Å². The normalized spacial score (nSPS) is 17.4. The van der Waals surface area contributed by atoms with Gasteiger partial charge in [0, 0.05) is 5.69 Å². The number of hydrogen-bond donors (Lipinski definition) is 1. The fourth-order valence-electron chi connectivity index (χ4n) is 3.86. The van der Waals surface area contributed by atoms with Crippen LogP contribution in [0, 0.1) is 18.3 Å². The van der Waals surface area contributed by atoms with Crippen LogP contribution in [0.3, 0.4) is 0 Å². The van der Waals surface area contributed by atoms with Gasteiger partial charge in [-0.1, -0.05) is 0 Å². The summed E-state index contributed by atoms with van der Waals surface area (Å²) in [5.41, 5.74) is 1.76. The smallest absolute Gasteiger partial charge is 0.259 e. The van der Waals surface area contributed by atoms with Crippen molar-refractivity contribution < 1.29 is 14.6 Å². The van der Waals surface area contributed by atoms with E-state index in [1.54, 1.807) is 25.1 Å². The van der Waals surface area contributed by atoms with Gasteiger partial charge in [-0.3, -0.25) is 9.69 Å². The molecule has 1 aromatic heterocycles. The number of pyridine rings is 1. The fraction of sp³-hybridized carbons (Fsp3) is 0.333. The second-order valence-corrected chi connectivity index (χ2v) is 7.55. The number of aliphatic hydroxyl groups is 1. The number of nitrogens with zero attached hydrogens (tertiary/aromatic N) is 4.